The molecule has 1 fully saturated rings. The van der Waals surface area contributed by atoms with Gasteiger partial charge in [0.05, 0.1) is 6.61 Å². The Bertz CT molecular complexity index is 262. The highest BCUT2D eigenvalue weighted by atomic mass is 16.5. The van der Waals surface area contributed by atoms with Crippen LogP contribution in [0.15, 0.2) is 0 Å². The standard InChI is InChI=1S/C19H36O2/c1-3-5-13-19(20)21-16-8-6-7-10-18-12-9-11-17(4-2)14-15-18/h17-18H,3-16H2,1-2H3. The predicted octanol–water partition coefficient (Wildman–Crippen LogP) is 5.89. The third-order valence-corrected chi connectivity index (χ3v) is 5.04. The van der Waals surface area contributed by atoms with Crippen LogP contribution in [0, 0.1) is 11.8 Å². The number of carbonyl (C=O) groups is 1. The van der Waals surface area contributed by atoms with Gasteiger partial charge in [-0.1, -0.05) is 78.1 Å². The summed E-state index contributed by atoms with van der Waals surface area (Å²) < 4.78 is 5.25. The van der Waals surface area contributed by atoms with Gasteiger partial charge in [-0.3, -0.25) is 4.79 Å². The maximum absolute atomic E-state index is 11.4. The zero-order chi connectivity index (χ0) is 15.3. The summed E-state index contributed by atoms with van der Waals surface area (Å²) in [6, 6.07) is 0. The monoisotopic (exact) mass is 296 g/mol. The lowest BCUT2D eigenvalue weighted by molar-refractivity contribution is -0.143. The molecule has 21 heavy (non-hydrogen) atoms. The first-order valence-electron chi connectivity index (χ1n) is 9.41. The molecular formula is C19H36O2. The van der Waals surface area contributed by atoms with Gasteiger partial charge in [0.1, 0.15) is 0 Å². The molecule has 0 heterocycles. The van der Waals surface area contributed by atoms with Crippen molar-refractivity contribution in [2.24, 2.45) is 11.8 Å². The number of hydrogen-bond acceptors (Lipinski definition) is 2. The predicted molar refractivity (Wildman–Crippen MR) is 89.3 cm³/mol. The quantitative estimate of drug-likeness (QED) is 0.285. The molecule has 1 aliphatic carbocycles. The molecule has 124 valence electrons. The highest BCUT2D eigenvalue weighted by molar-refractivity contribution is 5.69. The summed E-state index contributed by atoms with van der Waals surface area (Å²) in [5.74, 6) is 1.96. The Labute approximate surface area is 132 Å². The Morgan fingerprint density at radius 1 is 0.952 bits per heavy atom. The summed E-state index contributed by atoms with van der Waals surface area (Å²) in [6.45, 7) is 5.07. The van der Waals surface area contributed by atoms with E-state index in [0.717, 1.165) is 31.1 Å². The first-order valence-corrected chi connectivity index (χ1v) is 9.41. The maximum Gasteiger partial charge on any atom is 0.305 e. The van der Waals surface area contributed by atoms with E-state index in [1.165, 1.54) is 57.8 Å². The Morgan fingerprint density at radius 2 is 1.71 bits per heavy atom. The minimum Gasteiger partial charge on any atom is -0.466 e. The number of rotatable bonds is 10. The van der Waals surface area contributed by atoms with E-state index >= 15 is 0 Å². The number of carbonyl (C=O) groups excluding carboxylic acids is 1. The number of ether oxygens (including phenoxy) is 1. The van der Waals surface area contributed by atoms with Gasteiger partial charge in [-0.05, 0) is 24.7 Å². The molecule has 2 unspecified atom stereocenters. The Balaban J connectivity index is 1.95. The maximum atomic E-state index is 11.4. The highest BCUT2D eigenvalue weighted by Gasteiger charge is 2.17. The molecular weight excluding hydrogens is 260 g/mol. The van der Waals surface area contributed by atoms with E-state index in [0.29, 0.717) is 13.0 Å². The lowest BCUT2D eigenvalue weighted by Gasteiger charge is -2.14. The fourth-order valence-corrected chi connectivity index (χ4v) is 3.44. The molecule has 0 aromatic rings. The summed E-state index contributed by atoms with van der Waals surface area (Å²) in [4.78, 5) is 11.4. The molecule has 2 atom stereocenters. The molecule has 1 rings (SSSR count). The van der Waals surface area contributed by atoms with Gasteiger partial charge in [-0.2, -0.15) is 0 Å². The largest absolute Gasteiger partial charge is 0.466 e. The van der Waals surface area contributed by atoms with Gasteiger partial charge in [0.2, 0.25) is 0 Å². The van der Waals surface area contributed by atoms with Crippen LogP contribution in [-0.4, -0.2) is 12.6 Å². The summed E-state index contributed by atoms with van der Waals surface area (Å²) in [7, 11) is 0. The van der Waals surface area contributed by atoms with Crippen LogP contribution >= 0.6 is 0 Å². The van der Waals surface area contributed by atoms with E-state index < -0.39 is 0 Å². The topological polar surface area (TPSA) is 26.3 Å². The fourth-order valence-electron chi connectivity index (χ4n) is 3.44. The minimum atomic E-state index is -0.00812. The Kier molecular flexibility index (Phi) is 10.6. The first kappa shape index (κ1) is 18.5. The SMILES string of the molecule is CCCCC(=O)OCCCCCC1CCCC(CC)CC1. The van der Waals surface area contributed by atoms with Crippen LogP contribution < -0.4 is 0 Å². The van der Waals surface area contributed by atoms with Crippen molar-refractivity contribution in [1.82, 2.24) is 0 Å². The molecule has 1 aliphatic rings. The third-order valence-electron chi connectivity index (χ3n) is 5.04. The first-order chi connectivity index (χ1) is 10.3. The Morgan fingerprint density at radius 3 is 2.48 bits per heavy atom. The zero-order valence-corrected chi connectivity index (χ0v) is 14.4. The molecule has 0 aromatic carbocycles. The van der Waals surface area contributed by atoms with E-state index in [4.69, 9.17) is 4.74 Å². The van der Waals surface area contributed by atoms with Crippen molar-refractivity contribution < 1.29 is 9.53 Å². The molecule has 0 bridgehead atoms. The lowest BCUT2D eigenvalue weighted by atomic mass is 9.92. The van der Waals surface area contributed by atoms with Crippen molar-refractivity contribution in [3.63, 3.8) is 0 Å². The van der Waals surface area contributed by atoms with Gasteiger partial charge in [-0.25, -0.2) is 0 Å². The van der Waals surface area contributed by atoms with Crippen LogP contribution in [0.4, 0.5) is 0 Å². The summed E-state index contributed by atoms with van der Waals surface area (Å²) in [5.41, 5.74) is 0. The average molecular weight is 296 g/mol. The minimum absolute atomic E-state index is 0.00812. The van der Waals surface area contributed by atoms with Crippen LogP contribution in [0.5, 0.6) is 0 Å². The smallest absolute Gasteiger partial charge is 0.305 e. The van der Waals surface area contributed by atoms with Crippen molar-refractivity contribution in [2.75, 3.05) is 6.61 Å². The van der Waals surface area contributed by atoms with Crippen LogP contribution in [-0.2, 0) is 9.53 Å². The normalized spacial score (nSPS) is 22.8. The third kappa shape index (κ3) is 9.16. The molecule has 0 amide bonds. The second-order valence-corrected chi connectivity index (χ2v) is 6.82. The molecule has 0 saturated heterocycles. The van der Waals surface area contributed by atoms with Gasteiger partial charge in [0.15, 0.2) is 0 Å². The van der Waals surface area contributed by atoms with Crippen LogP contribution in [0.25, 0.3) is 0 Å². The van der Waals surface area contributed by atoms with Gasteiger partial charge in [-0.15, -0.1) is 0 Å². The molecule has 0 spiro atoms. The van der Waals surface area contributed by atoms with Crippen molar-refractivity contribution in [3.05, 3.63) is 0 Å². The van der Waals surface area contributed by atoms with Gasteiger partial charge < -0.3 is 4.74 Å². The van der Waals surface area contributed by atoms with E-state index in [-0.39, 0.29) is 5.97 Å². The molecule has 0 aliphatic heterocycles. The molecule has 0 aromatic heterocycles. The van der Waals surface area contributed by atoms with E-state index in [9.17, 15) is 4.79 Å². The average Bonchev–Trinajstić information content (AvgIpc) is 2.73. The van der Waals surface area contributed by atoms with Crippen LogP contribution in [0.2, 0.25) is 0 Å². The second kappa shape index (κ2) is 12.1. The second-order valence-electron chi connectivity index (χ2n) is 6.82. The number of unbranched alkanes of at least 4 members (excludes halogenated alkanes) is 3. The van der Waals surface area contributed by atoms with E-state index in [2.05, 4.69) is 13.8 Å². The number of hydrogen-bond donors (Lipinski definition) is 0. The van der Waals surface area contributed by atoms with Gasteiger partial charge >= 0.3 is 5.97 Å². The molecule has 0 N–H and O–H groups in total. The summed E-state index contributed by atoms with van der Waals surface area (Å²) in [5, 5.41) is 0. The summed E-state index contributed by atoms with van der Waals surface area (Å²) >= 11 is 0. The van der Waals surface area contributed by atoms with E-state index in [1.54, 1.807) is 0 Å². The molecule has 0 radical (unpaired) electrons. The lowest BCUT2D eigenvalue weighted by Crippen LogP contribution is -2.05. The molecule has 1 saturated carbocycles. The number of esters is 1. The van der Waals surface area contributed by atoms with Crippen molar-refractivity contribution in [2.45, 2.75) is 97.3 Å². The Hall–Kier alpha value is -0.530. The van der Waals surface area contributed by atoms with Crippen LogP contribution in [0.3, 0.4) is 0 Å². The van der Waals surface area contributed by atoms with Crippen LogP contribution in [0.1, 0.15) is 97.3 Å². The summed E-state index contributed by atoms with van der Waals surface area (Å²) in [6.07, 6.45) is 16.2. The van der Waals surface area contributed by atoms with E-state index in [1.807, 2.05) is 0 Å². The van der Waals surface area contributed by atoms with Crippen molar-refractivity contribution in [3.8, 4) is 0 Å². The van der Waals surface area contributed by atoms with Crippen molar-refractivity contribution >= 4 is 5.97 Å². The fraction of sp³-hybridized carbons (Fsp3) is 0.947. The zero-order valence-electron chi connectivity index (χ0n) is 14.4. The van der Waals surface area contributed by atoms with Gasteiger partial charge in [0, 0.05) is 6.42 Å². The van der Waals surface area contributed by atoms with Crippen molar-refractivity contribution in [1.29, 1.82) is 0 Å². The molecule has 2 heteroatoms. The van der Waals surface area contributed by atoms with Gasteiger partial charge in [0.25, 0.3) is 0 Å². The highest BCUT2D eigenvalue weighted by Crippen LogP contribution is 2.31. The molecule has 2 nitrogen and oxygen atoms in total.